The molecule has 2 heterocycles. The Kier molecular flexibility index (Phi) is 5.82. The first-order valence-electron chi connectivity index (χ1n) is 10.1. The molecular formula is C24H18NNaO7. The number of aliphatic hydroxyl groups is 1. The average molecular weight is 455 g/mol. The SMILES string of the molecule is COC(=O)c1ccc2c(c1)C(=O)c1ccc(C3=C(C(=O)[O-])N4C(=O)[C@H]([C@@H](C)O)[C@H]4C3)cc1-2.[Na+]. The number of ketones is 1. The van der Waals surface area contributed by atoms with Crippen LogP contribution in [-0.4, -0.2) is 52.9 Å². The Labute approximate surface area is 211 Å². The number of hydrogen-bond donors (Lipinski definition) is 1. The molecule has 2 aromatic carbocycles. The van der Waals surface area contributed by atoms with Crippen LogP contribution in [0.1, 0.15) is 45.2 Å². The normalized spacial score (nSPS) is 21.0. The zero-order chi connectivity index (χ0) is 22.9. The van der Waals surface area contributed by atoms with Crippen molar-refractivity contribution in [2.45, 2.75) is 25.5 Å². The summed E-state index contributed by atoms with van der Waals surface area (Å²) in [5.74, 6) is -3.33. The summed E-state index contributed by atoms with van der Waals surface area (Å²) in [6, 6.07) is 9.28. The van der Waals surface area contributed by atoms with Crippen molar-refractivity contribution in [2.75, 3.05) is 7.11 Å². The van der Waals surface area contributed by atoms with Crippen molar-refractivity contribution >= 4 is 29.2 Å². The Hall–Kier alpha value is -2.78. The minimum absolute atomic E-state index is 0. The topological polar surface area (TPSA) is 124 Å². The molecule has 0 spiro atoms. The number of nitrogens with zero attached hydrogens (tertiary/aromatic N) is 1. The number of hydrogen-bond acceptors (Lipinski definition) is 7. The number of benzene rings is 2. The molecule has 2 aromatic rings. The third-order valence-corrected chi connectivity index (χ3v) is 6.51. The van der Waals surface area contributed by atoms with Crippen LogP contribution in [0.25, 0.3) is 16.7 Å². The maximum absolute atomic E-state index is 12.9. The van der Waals surface area contributed by atoms with Crippen molar-refractivity contribution in [3.05, 3.63) is 64.3 Å². The molecule has 0 aromatic heterocycles. The summed E-state index contributed by atoms with van der Waals surface area (Å²) < 4.78 is 4.72. The third kappa shape index (κ3) is 3.28. The molecule has 3 aliphatic rings. The van der Waals surface area contributed by atoms with Crippen LogP contribution in [0.5, 0.6) is 0 Å². The van der Waals surface area contributed by atoms with E-state index in [0.717, 1.165) is 0 Å². The van der Waals surface area contributed by atoms with E-state index in [-0.39, 0.29) is 53.0 Å². The number of rotatable bonds is 4. The number of β-lactam (4-membered cyclic amide) rings is 1. The number of fused-ring (bicyclic) bond motifs is 4. The summed E-state index contributed by atoms with van der Waals surface area (Å²) in [5.41, 5.74) is 3.13. The molecule has 2 aliphatic heterocycles. The van der Waals surface area contributed by atoms with Gasteiger partial charge in [-0.1, -0.05) is 12.1 Å². The van der Waals surface area contributed by atoms with E-state index in [0.29, 0.717) is 33.4 Å². The van der Waals surface area contributed by atoms with Gasteiger partial charge in [0.25, 0.3) is 0 Å². The van der Waals surface area contributed by atoms with Crippen molar-refractivity contribution < 1.29 is 63.7 Å². The molecule has 8 nitrogen and oxygen atoms in total. The van der Waals surface area contributed by atoms with Gasteiger partial charge in [-0.25, -0.2) is 4.79 Å². The summed E-state index contributed by atoms with van der Waals surface area (Å²) >= 11 is 0. The summed E-state index contributed by atoms with van der Waals surface area (Å²) in [6.45, 7) is 1.51. The van der Waals surface area contributed by atoms with Crippen LogP contribution in [0.4, 0.5) is 0 Å². The number of ether oxygens (including phenoxy) is 1. The fourth-order valence-electron chi connectivity index (χ4n) is 5.03. The number of carboxylic acid groups (broad SMARTS) is 1. The Bertz CT molecular complexity index is 1280. The minimum atomic E-state index is -1.46. The maximum atomic E-state index is 12.9. The van der Waals surface area contributed by atoms with Crippen LogP contribution in [0.15, 0.2) is 42.1 Å². The molecule has 0 saturated carbocycles. The van der Waals surface area contributed by atoms with E-state index in [4.69, 9.17) is 4.74 Å². The fourth-order valence-corrected chi connectivity index (χ4v) is 5.03. The Morgan fingerprint density at radius 2 is 1.79 bits per heavy atom. The van der Waals surface area contributed by atoms with Crippen LogP contribution in [0.2, 0.25) is 0 Å². The van der Waals surface area contributed by atoms with E-state index in [2.05, 4.69) is 0 Å². The van der Waals surface area contributed by atoms with Crippen LogP contribution in [0.3, 0.4) is 0 Å². The largest absolute Gasteiger partial charge is 1.00 e. The Morgan fingerprint density at radius 3 is 2.42 bits per heavy atom. The van der Waals surface area contributed by atoms with Gasteiger partial charge in [-0.05, 0) is 59.9 Å². The van der Waals surface area contributed by atoms with E-state index in [1.165, 1.54) is 25.0 Å². The van der Waals surface area contributed by atoms with Gasteiger partial charge in [-0.3, -0.25) is 9.59 Å². The quantitative estimate of drug-likeness (QED) is 0.268. The first-order chi connectivity index (χ1) is 15.2. The molecule has 33 heavy (non-hydrogen) atoms. The second-order valence-electron chi connectivity index (χ2n) is 8.20. The van der Waals surface area contributed by atoms with E-state index in [1.54, 1.807) is 30.3 Å². The second-order valence-corrected chi connectivity index (χ2v) is 8.20. The summed E-state index contributed by atoms with van der Waals surface area (Å²) in [5, 5.41) is 21.8. The molecule has 0 bridgehead atoms. The molecule has 3 atom stereocenters. The standard InChI is InChI=1S/C24H19NO7.Na/c1-10(26)19-18-9-15(20(23(29)30)25(18)22(19)28)11-3-6-14-16(7-11)13-5-4-12(24(31)32-2)8-17(13)21(14)27;/h3-8,10,18-19,26H,9H2,1-2H3,(H,29,30);/q;+1/p-1/t10-,18-,19-;/m1./s1. The summed E-state index contributed by atoms with van der Waals surface area (Å²) in [7, 11) is 1.26. The molecule has 1 fully saturated rings. The van der Waals surface area contributed by atoms with Crippen molar-refractivity contribution in [3.63, 3.8) is 0 Å². The molecule has 0 unspecified atom stereocenters. The van der Waals surface area contributed by atoms with E-state index >= 15 is 0 Å². The van der Waals surface area contributed by atoms with Crippen LogP contribution >= 0.6 is 0 Å². The molecule has 0 radical (unpaired) electrons. The Balaban J connectivity index is 0.00000259. The predicted molar refractivity (Wildman–Crippen MR) is 109 cm³/mol. The Morgan fingerprint density at radius 1 is 1.09 bits per heavy atom. The number of carboxylic acids is 1. The number of carbonyl (C=O) groups excluding carboxylic acids is 4. The van der Waals surface area contributed by atoms with Gasteiger partial charge in [0.15, 0.2) is 5.78 Å². The molecule has 1 aliphatic carbocycles. The zero-order valence-corrected chi connectivity index (χ0v) is 20.2. The van der Waals surface area contributed by atoms with E-state index in [1.807, 2.05) is 0 Å². The molecule has 1 amide bonds. The van der Waals surface area contributed by atoms with E-state index in [9.17, 15) is 29.4 Å². The minimum Gasteiger partial charge on any atom is -0.543 e. The van der Waals surface area contributed by atoms with Crippen LogP contribution < -0.4 is 34.7 Å². The van der Waals surface area contributed by atoms with E-state index < -0.39 is 35.9 Å². The third-order valence-electron chi connectivity index (χ3n) is 6.51. The number of esters is 1. The van der Waals surface area contributed by atoms with Gasteiger partial charge >= 0.3 is 35.5 Å². The van der Waals surface area contributed by atoms with Crippen molar-refractivity contribution in [1.82, 2.24) is 4.90 Å². The molecule has 1 saturated heterocycles. The summed E-state index contributed by atoms with van der Waals surface area (Å²) in [4.78, 5) is 50.2. The monoisotopic (exact) mass is 455 g/mol. The van der Waals surface area contributed by atoms with Crippen LogP contribution in [-0.2, 0) is 14.3 Å². The molecular weight excluding hydrogens is 437 g/mol. The first kappa shape index (κ1) is 23.4. The molecule has 9 heteroatoms. The van der Waals surface area contributed by atoms with Crippen molar-refractivity contribution in [3.8, 4) is 11.1 Å². The van der Waals surface area contributed by atoms with Gasteiger partial charge in [-0.15, -0.1) is 0 Å². The molecule has 5 rings (SSSR count). The van der Waals surface area contributed by atoms with Gasteiger partial charge in [0, 0.05) is 11.1 Å². The fraction of sp³-hybridized carbons (Fsp3) is 0.250. The smallest absolute Gasteiger partial charge is 0.543 e. The van der Waals surface area contributed by atoms with Gasteiger partial charge in [0.2, 0.25) is 5.91 Å². The first-order valence-corrected chi connectivity index (χ1v) is 10.1. The second kappa shape index (κ2) is 8.22. The van der Waals surface area contributed by atoms with Gasteiger partial charge in [-0.2, -0.15) is 0 Å². The van der Waals surface area contributed by atoms with Gasteiger partial charge in [0.05, 0.1) is 42.4 Å². The number of amides is 1. The number of aliphatic hydroxyl groups excluding tert-OH is 1. The number of carbonyl (C=O) groups is 4. The average Bonchev–Trinajstić information content (AvgIpc) is 3.25. The molecule has 1 N–H and O–H groups in total. The number of aliphatic carboxylic acids is 1. The summed E-state index contributed by atoms with van der Waals surface area (Å²) in [6.07, 6.45) is -0.620. The van der Waals surface area contributed by atoms with Crippen molar-refractivity contribution in [1.29, 1.82) is 0 Å². The van der Waals surface area contributed by atoms with Gasteiger partial charge < -0.3 is 24.6 Å². The predicted octanol–water partition coefficient (Wildman–Crippen LogP) is -2.24. The zero-order valence-electron chi connectivity index (χ0n) is 18.2. The number of methoxy groups -OCH3 is 1. The molecule has 162 valence electrons. The van der Waals surface area contributed by atoms with Crippen LogP contribution in [0, 0.1) is 5.92 Å². The maximum Gasteiger partial charge on any atom is 1.00 e. The van der Waals surface area contributed by atoms with Gasteiger partial charge in [0.1, 0.15) is 0 Å². The van der Waals surface area contributed by atoms with Crippen molar-refractivity contribution in [2.24, 2.45) is 5.92 Å².